The largest absolute Gasteiger partial charge is 0.444 e. The molecule has 3 atom stereocenters. The number of hydrogen-bond donors (Lipinski definition) is 4. The van der Waals surface area contributed by atoms with Gasteiger partial charge in [0.1, 0.15) is 34.3 Å². The quantitative estimate of drug-likeness (QED) is 0.117. The first-order valence-corrected chi connectivity index (χ1v) is 26.8. The van der Waals surface area contributed by atoms with Crippen LogP contribution in [0.4, 0.5) is 31.8 Å². The molecule has 19 heteroatoms. The molecule has 3 unspecified atom stereocenters. The highest BCUT2D eigenvalue weighted by molar-refractivity contribution is 6.08. The van der Waals surface area contributed by atoms with Crippen molar-refractivity contribution < 1.29 is 47.9 Å². The average molecular weight is 1070 g/mol. The summed E-state index contributed by atoms with van der Waals surface area (Å²) in [6.07, 6.45) is 0.730. The molecule has 0 saturated carbocycles. The molecule has 6 rings (SSSR count). The van der Waals surface area contributed by atoms with Crippen molar-refractivity contribution in [3.8, 4) is 0 Å². The second-order valence-electron chi connectivity index (χ2n) is 23.4. The SMILES string of the molecule is CC(C)(C)OC(=O)Nc1ccc(C2CCOC2)c(CO)n1.CC(C)N(C)Cc1nc(N(C(=O)OC(C)(C)C)C(=O)OC(C)(C)C)ccc1C1CCOC1.CC(C)N(C)Cc1nc(N)ccc1C1CCOC1.CNC(C)C. The summed E-state index contributed by atoms with van der Waals surface area (Å²) in [6, 6.07) is 12.7. The van der Waals surface area contributed by atoms with Gasteiger partial charge in [-0.15, -0.1) is 0 Å². The van der Waals surface area contributed by atoms with Gasteiger partial charge in [-0.2, -0.15) is 4.90 Å². The molecule has 3 aromatic heterocycles. The summed E-state index contributed by atoms with van der Waals surface area (Å²) in [5, 5.41) is 15.1. The Kier molecular flexibility index (Phi) is 25.9. The van der Waals surface area contributed by atoms with Crippen LogP contribution in [-0.4, -0.2) is 144 Å². The van der Waals surface area contributed by atoms with Crippen LogP contribution in [0.15, 0.2) is 36.4 Å². The van der Waals surface area contributed by atoms with E-state index in [-0.39, 0.29) is 24.3 Å². The maximum absolute atomic E-state index is 13.0. The number of nitrogens with one attached hydrogen (secondary N) is 2. The van der Waals surface area contributed by atoms with E-state index in [0.717, 1.165) is 73.0 Å². The van der Waals surface area contributed by atoms with E-state index in [2.05, 4.69) is 85.1 Å². The molecule has 76 heavy (non-hydrogen) atoms. The molecule has 5 N–H and O–H groups in total. The number of carbonyl (C=O) groups is 3. The predicted octanol–water partition coefficient (Wildman–Crippen LogP) is 10.1. The van der Waals surface area contributed by atoms with Gasteiger partial charge in [-0.05, 0) is 165 Å². The van der Waals surface area contributed by atoms with Crippen LogP contribution in [0.1, 0.15) is 175 Å². The number of amides is 3. The van der Waals surface area contributed by atoms with Crippen LogP contribution in [0.2, 0.25) is 0 Å². The molecule has 3 saturated heterocycles. The van der Waals surface area contributed by atoms with Gasteiger partial charge in [0, 0.05) is 68.8 Å². The Morgan fingerprint density at radius 2 is 1.03 bits per heavy atom. The van der Waals surface area contributed by atoms with Crippen molar-refractivity contribution in [1.29, 1.82) is 0 Å². The standard InChI is InChI=1S/C24H39N3O5.C15H22N2O4.C14H23N3O.C4H11N/c1-16(2)26(9)14-19-18(17-12-13-30-15-17)10-11-20(25-19)27(21(28)31-23(3,4)5)22(29)32-24(6,7)8;1-15(2,3)21-14(19)17-13-5-4-11(12(8-18)16-13)10-6-7-20-9-10;1-10(2)17(3)8-13-12(4-5-14(15)16-13)11-6-7-18-9-11;1-4(2)5-3/h10-11,16-17H,12-15H2,1-9H3;4-5,10,18H,6-9H2,1-3H3,(H,16,17,19);4-5,10-11H,6-9H2,1-3H3,(H2,15,16);4-5H,1-3H3. The third kappa shape index (κ3) is 22.9. The fourth-order valence-electron chi connectivity index (χ4n) is 7.69. The van der Waals surface area contributed by atoms with E-state index in [0.29, 0.717) is 67.7 Å². The van der Waals surface area contributed by atoms with Gasteiger partial charge in [0.2, 0.25) is 0 Å². The number of ether oxygens (including phenoxy) is 6. The Labute approximate surface area is 454 Å². The highest BCUT2D eigenvalue weighted by Gasteiger charge is 2.35. The van der Waals surface area contributed by atoms with Gasteiger partial charge in [0.25, 0.3) is 0 Å². The fourth-order valence-corrected chi connectivity index (χ4v) is 7.69. The zero-order valence-corrected chi connectivity index (χ0v) is 49.3. The molecule has 6 heterocycles. The number of nitrogen functional groups attached to an aromatic ring is 1. The number of nitrogens with two attached hydrogens (primary N) is 1. The van der Waals surface area contributed by atoms with Gasteiger partial charge >= 0.3 is 18.3 Å². The van der Waals surface area contributed by atoms with E-state index in [1.807, 2.05) is 32.3 Å². The smallest absolute Gasteiger partial charge is 0.425 e. The number of nitrogens with zero attached hydrogens (tertiary/aromatic N) is 6. The lowest BCUT2D eigenvalue weighted by Crippen LogP contribution is -2.44. The van der Waals surface area contributed by atoms with E-state index in [9.17, 15) is 19.5 Å². The molecule has 0 radical (unpaired) electrons. The molecular formula is C57H95N9O10. The lowest BCUT2D eigenvalue weighted by molar-refractivity contribution is 0.0427. The first-order valence-electron chi connectivity index (χ1n) is 26.8. The van der Waals surface area contributed by atoms with Crippen molar-refractivity contribution in [3.63, 3.8) is 0 Å². The average Bonchev–Trinajstić information content (AvgIpc) is 4.14. The van der Waals surface area contributed by atoms with Crippen LogP contribution in [0, 0.1) is 0 Å². The van der Waals surface area contributed by atoms with Crippen molar-refractivity contribution in [2.75, 3.05) is 76.7 Å². The summed E-state index contributed by atoms with van der Waals surface area (Å²) in [5.74, 6) is 2.14. The minimum Gasteiger partial charge on any atom is -0.444 e. The minimum absolute atomic E-state index is 0.171. The highest BCUT2D eigenvalue weighted by Crippen LogP contribution is 2.32. The molecule has 428 valence electrons. The summed E-state index contributed by atoms with van der Waals surface area (Å²) in [5.41, 5.74) is 9.53. The number of aromatic nitrogens is 3. The number of hydrogen-bond acceptors (Lipinski definition) is 17. The molecule has 3 fully saturated rings. The third-order valence-corrected chi connectivity index (χ3v) is 12.4. The normalized spacial score (nSPS) is 17.7. The summed E-state index contributed by atoms with van der Waals surface area (Å²) in [7, 11) is 6.09. The van der Waals surface area contributed by atoms with Gasteiger partial charge in [-0.1, -0.05) is 32.0 Å². The Balaban J connectivity index is 0.000000299. The lowest BCUT2D eigenvalue weighted by Gasteiger charge is -2.29. The molecule has 0 spiro atoms. The first kappa shape index (κ1) is 65.3. The number of anilines is 3. The van der Waals surface area contributed by atoms with E-state index in [4.69, 9.17) is 39.1 Å². The van der Waals surface area contributed by atoms with Crippen LogP contribution < -0.4 is 21.3 Å². The van der Waals surface area contributed by atoms with Crippen molar-refractivity contribution in [3.05, 3.63) is 70.2 Å². The van der Waals surface area contributed by atoms with E-state index in [1.165, 1.54) is 5.56 Å². The van der Waals surface area contributed by atoms with Crippen molar-refractivity contribution in [2.24, 2.45) is 0 Å². The van der Waals surface area contributed by atoms with Gasteiger partial charge in [-0.25, -0.2) is 29.3 Å². The second kappa shape index (κ2) is 30.2. The van der Waals surface area contributed by atoms with E-state index < -0.39 is 35.1 Å². The third-order valence-electron chi connectivity index (χ3n) is 12.4. The molecule has 3 aliphatic heterocycles. The molecule has 0 aromatic carbocycles. The monoisotopic (exact) mass is 1070 g/mol. The van der Waals surface area contributed by atoms with Gasteiger partial charge in [-0.3, -0.25) is 15.1 Å². The molecule has 3 aliphatic rings. The first-order chi connectivity index (χ1) is 35.4. The number of rotatable bonds is 13. The van der Waals surface area contributed by atoms with Crippen molar-refractivity contribution >= 4 is 35.7 Å². The number of aliphatic hydroxyl groups is 1. The van der Waals surface area contributed by atoms with Gasteiger partial charge < -0.3 is 44.6 Å². The molecule has 0 aliphatic carbocycles. The summed E-state index contributed by atoms with van der Waals surface area (Å²) < 4.78 is 32.6. The molecule has 0 bridgehead atoms. The topological polar surface area (TPSA) is 225 Å². The Morgan fingerprint density at radius 1 is 0.632 bits per heavy atom. The predicted molar refractivity (Wildman–Crippen MR) is 300 cm³/mol. The Hall–Kier alpha value is -5.02. The lowest BCUT2D eigenvalue weighted by atomic mass is 9.96. The van der Waals surface area contributed by atoms with Crippen LogP contribution in [-0.2, 0) is 48.1 Å². The van der Waals surface area contributed by atoms with Crippen molar-refractivity contribution in [1.82, 2.24) is 30.1 Å². The zero-order chi connectivity index (χ0) is 57.1. The van der Waals surface area contributed by atoms with Gasteiger partial charge in [0.15, 0.2) is 0 Å². The number of aliphatic hydroxyl groups excluding tert-OH is 1. The van der Waals surface area contributed by atoms with Crippen LogP contribution in [0.5, 0.6) is 0 Å². The fraction of sp³-hybridized carbons (Fsp3) is 0.684. The highest BCUT2D eigenvalue weighted by atomic mass is 16.6. The number of carbonyl (C=O) groups excluding carboxylic acids is 3. The van der Waals surface area contributed by atoms with Crippen LogP contribution in [0.3, 0.4) is 0 Å². The number of imide groups is 1. The van der Waals surface area contributed by atoms with Crippen LogP contribution in [0.25, 0.3) is 0 Å². The van der Waals surface area contributed by atoms with Crippen molar-refractivity contribution in [2.45, 2.75) is 195 Å². The molecule has 3 amide bonds. The summed E-state index contributed by atoms with van der Waals surface area (Å²) in [4.78, 5) is 56.6. The molecule has 3 aromatic rings. The Bertz CT molecular complexity index is 2230. The maximum atomic E-state index is 13.0. The summed E-state index contributed by atoms with van der Waals surface area (Å²) in [6.45, 7) is 34.3. The van der Waals surface area contributed by atoms with E-state index in [1.54, 1.807) is 74.4 Å². The van der Waals surface area contributed by atoms with E-state index >= 15 is 0 Å². The summed E-state index contributed by atoms with van der Waals surface area (Å²) >= 11 is 0. The number of pyridine rings is 3. The maximum Gasteiger partial charge on any atom is 0.425 e. The second-order valence-corrected chi connectivity index (χ2v) is 23.4. The minimum atomic E-state index is -0.820. The molecule has 19 nitrogen and oxygen atoms in total. The molecular weight excluding hydrogens is 971 g/mol. The van der Waals surface area contributed by atoms with Gasteiger partial charge in [0.05, 0.1) is 43.5 Å². The zero-order valence-electron chi connectivity index (χ0n) is 49.3. The van der Waals surface area contributed by atoms with Crippen LogP contribution >= 0.6 is 0 Å². The Morgan fingerprint density at radius 3 is 1.39 bits per heavy atom.